The standard InChI is InChI=1S/C19H23Cl2F3N4O4S2/c1-5-12(19(22,23)24)28-34(30,31)11-7-6-9(13(20)14(11)21)15-10(8-18(2,3)32-4)26-17(33-15)16(29)27-25/h6-7,12,28H,5,8,25H2,1-4H3,(H,27,29). The molecule has 190 valence electrons. The maximum atomic E-state index is 13.1. The number of halogens is 5. The number of rotatable bonds is 9. The van der Waals surface area contributed by atoms with Crippen LogP contribution >= 0.6 is 34.5 Å². The van der Waals surface area contributed by atoms with Crippen LogP contribution < -0.4 is 16.0 Å². The van der Waals surface area contributed by atoms with Gasteiger partial charge in [-0.3, -0.25) is 10.2 Å². The van der Waals surface area contributed by atoms with Crippen molar-refractivity contribution in [3.8, 4) is 10.4 Å². The first-order valence-corrected chi connectivity index (χ1v) is 12.8. The number of aromatic nitrogens is 1. The number of alkyl halides is 3. The summed E-state index contributed by atoms with van der Waals surface area (Å²) in [5, 5.41) is -0.691. The predicted molar refractivity (Wildman–Crippen MR) is 124 cm³/mol. The molecule has 0 bridgehead atoms. The Hall–Kier alpha value is -1.48. The SMILES string of the molecule is CCC(NS(=O)(=O)c1ccc(-c2sc(C(=O)NN)nc2CC(C)(C)OC)c(Cl)c1Cl)C(F)(F)F. The lowest BCUT2D eigenvalue weighted by atomic mass is 10.00. The van der Waals surface area contributed by atoms with Crippen molar-refractivity contribution in [1.82, 2.24) is 15.1 Å². The Morgan fingerprint density at radius 3 is 2.38 bits per heavy atom. The molecular formula is C19H23Cl2F3N4O4S2. The van der Waals surface area contributed by atoms with Crippen molar-refractivity contribution in [2.24, 2.45) is 5.84 Å². The lowest BCUT2D eigenvalue weighted by molar-refractivity contribution is -0.151. The number of carbonyl (C=O) groups excluding carboxylic acids is 1. The molecular weight excluding hydrogens is 540 g/mol. The van der Waals surface area contributed by atoms with Crippen LogP contribution in [-0.4, -0.2) is 44.2 Å². The number of nitrogen functional groups attached to an aromatic ring is 1. The highest BCUT2D eigenvalue weighted by Gasteiger charge is 2.41. The number of benzene rings is 1. The van der Waals surface area contributed by atoms with Crippen molar-refractivity contribution in [2.45, 2.75) is 56.3 Å². The van der Waals surface area contributed by atoms with Gasteiger partial charge in [-0.15, -0.1) is 11.3 Å². The number of thiazole rings is 1. The Morgan fingerprint density at radius 1 is 1.26 bits per heavy atom. The molecule has 8 nitrogen and oxygen atoms in total. The van der Waals surface area contributed by atoms with Crippen LogP contribution in [0.4, 0.5) is 13.2 Å². The van der Waals surface area contributed by atoms with Crippen LogP contribution in [0.3, 0.4) is 0 Å². The minimum Gasteiger partial charge on any atom is -0.378 e. The smallest absolute Gasteiger partial charge is 0.378 e. The summed E-state index contributed by atoms with van der Waals surface area (Å²) in [5.74, 6) is 4.54. The molecule has 1 aromatic heterocycles. The highest BCUT2D eigenvalue weighted by Crippen LogP contribution is 2.42. The maximum absolute atomic E-state index is 13.1. The molecule has 1 unspecified atom stereocenters. The maximum Gasteiger partial charge on any atom is 0.404 e. The van der Waals surface area contributed by atoms with E-state index in [4.69, 9.17) is 33.8 Å². The van der Waals surface area contributed by atoms with Gasteiger partial charge in [0.1, 0.15) is 10.9 Å². The summed E-state index contributed by atoms with van der Waals surface area (Å²) in [6.45, 7) is 4.78. The number of hydrogen-bond acceptors (Lipinski definition) is 7. The van der Waals surface area contributed by atoms with Crippen LogP contribution in [0.5, 0.6) is 0 Å². The molecule has 1 heterocycles. The summed E-state index contributed by atoms with van der Waals surface area (Å²) in [5.41, 5.74) is 1.94. The quantitative estimate of drug-likeness (QED) is 0.238. The molecule has 2 aromatic rings. The van der Waals surface area contributed by atoms with Gasteiger partial charge in [0.05, 0.1) is 26.2 Å². The number of hydrazine groups is 1. The van der Waals surface area contributed by atoms with E-state index >= 15 is 0 Å². The molecule has 0 saturated heterocycles. The molecule has 0 saturated carbocycles. The van der Waals surface area contributed by atoms with Crippen molar-refractivity contribution in [3.05, 3.63) is 32.9 Å². The Morgan fingerprint density at radius 2 is 1.88 bits per heavy atom. The van der Waals surface area contributed by atoms with E-state index in [0.29, 0.717) is 10.6 Å². The van der Waals surface area contributed by atoms with Gasteiger partial charge in [-0.1, -0.05) is 36.2 Å². The Kier molecular flexibility index (Phi) is 9.00. The molecule has 1 aromatic carbocycles. The van der Waals surface area contributed by atoms with E-state index in [1.807, 2.05) is 5.43 Å². The number of amides is 1. The van der Waals surface area contributed by atoms with Gasteiger partial charge in [0.15, 0.2) is 5.01 Å². The van der Waals surface area contributed by atoms with Gasteiger partial charge >= 0.3 is 6.18 Å². The highest BCUT2D eigenvalue weighted by atomic mass is 35.5. The second-order valence-electron chi connectivity index (χ2n) is 7.77. The molecule has 0 radical (unpaired) electrons. The number of nitrogens with two attached hydrogens (primary N) is 1. The van der Waals surface area contributed by atoms with Gasteiger partial charge in [-0.2, -0.15) is 17.9 Å². The molecule has 1 amide bonds. The predicted octanol–water partition coefficient (Wildman–Crippen LogP) is 4.31. The molecule has 0 spiro atoms. The molecule has 15 heteroatoms. The van der Waals surface area contributed by atoms with Gasteiger partial charge < -0.3 is 4.74 Å². The van der Waals surface area contributed by atoms with Crippen LogP contribution in [0, 0.1) is 0 Å². The van der Waals surface area contributed by atoms with E-state index in [0.717, 1.165) is 17.4 Å². The zero-order valence-corrected chi connectivity index (χ0v) is 21.7. The molecule has 0 fully saturated rings. The number of hydrogen-bond donors (Lipinski definition) is 3. The van der Waals surface area contributed by atoms with Crippen molar-refractivity contribution in [2.75, 3.05) is 7.11 Å². The van der Waals surface area contributed by atoms with Crippen LogP contribution in [0.2, 0.25) is 10.0 Å². The minimum atomic E-state index is -4.79. The topological polar surface area (TPSA) is 123 Å². The lowest BCUT2D eigenvalue weighted by Gasteiger charge is -2.22. The Bertz CT molecular complexity index is 1170. The summed E-state index contributed by atoms with van der Waals surface area (Å²) < 4.78 is 71.6. The number of nitrogens with one attached hydrogen (secondary N) is 2. The molecule has 4 N–H and O–H groups in total. The fourth-order valence-electron chi connectivity index (χ4n) is 2.86. The summed E-state index contributed by atoms with van der Waals surface area (Å²) in [6.07, 6.45) is -5.06. The zero-order chi connectivity index (χ0) is 26.1. The van der Waals surface area contributed by atoms with Gasteiger partial charge in [-0.05, 0) is 26.3 Å². The number of nitrogens with zero attached hydrogens (tertiary/aromatic N) is 1. The molecule has 0 aliphatic rings. The number of methoxy groups -OCH3 is 1. The van der Waals surface area contributed by atoms with E-state index < -0.39 is 50.1 Å². The number of sulfonamides is 1. The van der Waals surface area contributed by atoms with E-state index in [1.54, 1.807) is 18.6 Å². The van der Waals surface area contributed by atoms with E-state index in [9.17, 15) is 26.4 Å². The third kappa shape index (κ3) is 6.39. The van der Waals surface area contributed by atoms with E-state index in [1.165, 1.54) is 20.1 Å². The first-order chi connectivity index (χ1) is 15.6. The fourth-order valence-corrected chi connectivity index (χ4v) is 6.11. The number of carbonyl (C=O) groups is 1. The average molecular weight is 563 g/mol. The molecule has 34 heavy (non-hydrogen) atoms. The zero-order valence-electron chi connectivity index (χ0n) is 18.5. The minimum absolute atomic E-state index is 0.0147. The molecule has 2 rings (SSSR count). The van der Waals surface area contributed by atoms with Crippen molar-refractivity contribution < 1.29 is 31.1 Å². The Labute approximate surface area is 209 Å². The summed E-state index contributed by atoms with van der Waals surface area (Å²) in [7, 11) is -3.16. The van der Waals surface area contributed by atoms with Crippen LogP contribution in [0.1, 0.15) is 42.7 Å². The second-order valence-corrected chi connectivity index (χ2v) is 11.2. The van der Waals surface area contributed by atoms with Crippen LogP contribution in [0.15, 0.2) is 17.0 Å². The van der Waals surface area contributed by atoms with Crippen molar-refractivity contribution >= 4 is 50.5 Å². The largest absolute Gasteiger partial charge is 0.404 e. The summed E-state index contributed by atoms with van der Waals surface area (Å²) >= 11 is 13.5. The van der Waals surface area contributed by atoms with Crippen molar-refractivity contribution in [3.63, 3.8) is 0 Å². The molecule has 0 aliphatic heterocycles. The van der Waals surface area contributed by atoms with Crippen LogP contribution in [-0.2, 0) is 21.2 Å². The van der Waals surface area contributed by atoms with Gasteiger partial charge in [0.25, 0.3) is 5.91 Å². The summed E-state index contributed by atoms with van der Waals surface area (Å²) in [4.78, 5) is 16.1. The lowest BCUT2D eigenvalue weighted by Crippen LogP contribution is -2.44. The third-order valence-electron chi connectivity index (χ3n) is 4.85. The fraction of sp³-hybridized carbons (Fsp3) is 0.474. The van der Waals surface area contributed by atoms with Gasteiger partial charge in [0.2, 0.25) is 10.0 Å². The molecule has 0 aliphatic carbocycles. The van der Waals surface area contributed by atoms with Gasteiger partial charge in [0, 0.05) is 19.1 Å². The average Bonchev–Trinajstić information content (AvgIpc) is 3.15. The second kappa shape index (κ2) is 10.6. The first-order valence-electron chi connectivity index (χ1n) is 9.71. The van der Waals surface area contributed by atoms with E-state index in [-0.39, 0.29) is 22.0 Å². The van der Waals surface area contributed by atoms with Gasteiger partial charge in [-0.25, -0.2) is 19.2 Å². The third-order valence-corrected chi connectivity index (χ3v) is 8.49. The molecule has 1 atom stereocenters. The number of ether oxygens (including phenoxy) is 1. The van der Waals surface area contributed by atoms with E-state index in [2.05, 4.69) is 4.98 Å². The van der Waals surface area contributed by atoms with Crippen LogP contribution in [0.25, 0.3) is 10.4 Å². The monoisotopic (exact) mass is 562 g/mol. The summed E-state index contributed by atoms with van der Waals surface area (Å²) in [6, 6.07) is 0.0367. The normalized spacial score (nSPS) is 13.7. The first kappa shape index (κ1) is 28.8. The Balaban J connectivity index is 2.60. The van der Waals surface area contributed by atoms with Crippen molar-refractivity contribution in [1.29, 1.82) is 0 Å². The highest BCUT2D eigenvalue weighted by molar-refractivity contribution is 7.89.